The fourth-order valence-electron chi connectivity index (χ4n) is 2.04. The molecule has 0 aromatic heterocycles. The second-order valence-electron chi connectivity index (χ2n) is 5.13. The van der Waals surface area contributed by atoms with Crippen LogP contribution in [-0.4, -0.2) is 0 Å². The third-order valence-corrected chi connectivity index (χ3v) is 3.61. The second kappa shape index (κ2) is 4.07. The summed E-state index contributed by atoms with van der Waals surface area (Å²) in [6, 6.07) is 4.65. The summed E-state index contributed by atoms with van der Waals surface area (Å²) in [6.45, 7) is 6.26. The molecule has 1 rings (SSSR count). The molecule has 15 heavy (non-hydrogen) atoms. The highest BCUT2D eigenvalue weighted by Gasteiger charge is 2.38. The molecule has 0 aromatic rings. The molecule has 0 N–H and O–H groups in total. The Balaban J connectivity index is 2.91. The van der Waals surface area contributed by atoms with Crippen molar-refractivity contribution in [2.24, 2.45) is 16.7 Å². The molecule has 0 amide bonds. The molecule has 0 spiro atoms. The third-order valence-electron chi connectivity index (χ3n) is 3.61. The molecule has 1 aliphatic rings. The summed E-state index contributed by atoms with van der Waals surface area (Å²) in [4.78, 5) is 0. The monoisotopic (exact) mass is 202 g/mol. The summed E-state index contributed by atoms with van der Waals surface area (Å²) in [5.74, 6) is 0.338. The van der Waals surface area contributed by atoms with Gasteiger partial charge in [-0.25, -0.2) is 0 Å². The Morgan fingerprint density at radius 3 is 2.27 bits per heavy atom. The molecule has 0 bridgehead atoms. The summed E-state index contributed by atoms with van der Waals surface area (Å²) < 4.78 is 0. The summed E-state index contributed by atoms with van der Waals surface area (Å²) in [6.07, 6.45) is 6.45. The lowest BCUT2D eigenvalue weighted by atomic mass is 9.65. The van der Waals surface area contributed by atoms with Crippen LogP contribution in [0.1, 0.15) is 40.0 Å². The standard InChI is InChI=1S/C13H18N2/c1-11(2)13(10-15)6-4-12(3,5-7-13)8-9-14/h4,6,11H,5,7-8H2,1-3H3. The minimum absolute atomic E-state index is 0.0238. The topological polar surface area (TPSA) is 47.6 Å². The Hall–Kier alpha value is -1.28. The first-order valence-electron chi connectivity index (χ1n) is 5.47. The summed E-state index contributed by atoms with van der Waals surface area (Å²) in [5.41, 5.74) is -0.334. The lowest BCUT2D eigenvalue weighted by Gasteiger charge is -2.37. The lowest BCUT2D eigenvalue weighted by molar-refractivity contribution is 0.243. The first-order chi connectivity index (χ1) is 6.98. The van der Waals surface area contributed by atoms with Crippen molar-refractivity contribution >= 4 is 0 Å². The van der Waals surface area contributed by atoms with E-state index in [1.54, 1.807) is 0 Å². The van der Waals surface area contributed by atoms with Crippen LogP contribution in [0.4, 0.5) is 0 Å². The second-order valence-corrected chi connectivity index (χ2v) is 5.13. The SMILES string of the molecule is CC(C)C1(C#N)C=CC(C)(CC#N)CC1. The van der Waals surface area contributed by atoms with E-state index in [2.05, 4.69) is 39.0 Å². The summed E-state index contributed by atoms with van der Waals surface area (Å²) in [5, 5.41) is 18.0. The molecule has 0 fully saturated rings. The Morgan fingerprint density at radius 2 is 1.93 bits per heavy atom. The molecular weight excluding hydrogens is 184 g/mol. The molecule has 0 saturated heterocycles. The largest absolute Gasteiger partial charge is 0.198 e. The fourth-order valence-corrected chi connectivity index (χ4v) is 2.04. The van der Waals surface area contributed by atoms with Crippen molar-refractivity contribution in [1.82, 2.24) is 0 Å². The Morgan fingerprint density at radius 1 is 1.27 bits per heavy atom. The van der Waals surface area contributed by atoms with Crippen molar-refractivity contribution < 1.29 is 0 Å². The van der Waals surface area contributed by atoms with E-state index in [9.17, 15) is 5.26 Å². The van der Waals surface area contributed by atoms with E-state index in [0.29, 0.717) is 12.3 Å². The zero-order valence-electron chi connectivity index (χ0n) is 9.75. The molecule has 0 radical (unpaired) electrons. The lowest BCUT2D eigenvalue weighted by Crippen LogP contribution is -2.30. The highest BCUT2D eigenvalue weighted by Crippen LogP contribution is 2.44. The van der Waals surface area contributed by atoms with Gasteiger partial charge < -0.3 is 0 Å². The molecule has 2 heteroatoms. The Kier molecular flexibility index (Phi) is 3.20. The van der Waals surface area contributed by atoms with Gasteiger partial charge in [-0.2, -0.15) is 10.5 Å². The van der Waals surface area contributed by atoms with Gasteiger partial charge in [0.15, 0.2) is 0 Å². The normalized spacial score (nSPS) is 34.8. The average molecular weight is 202 g/mol. The smallest absolute Gasteiger partial charge is 0.0776 e. The Bertz CT molecular complexity index is 343. The van der Waals surface area contributed by atoms with Crippen LogP contribution in [0.2, 0.25) is 0 Å². The first-order valence-corrected chi connectivity index (χ1v) is 5.47. The molecule has 0 aliphatic heterocycles. The van der Waals surface area contributed by atoms with Gasteiger partial charge in [0, 0.05) is 6.42 Å². The molecule has 2 nitrogen and oxygen atoms in total. The minimum Gasteiger partial charge on any atom is -0.198 e. The van der Waals surface area contributed by atoms with Crippen LogP contribution in [-0.2, 0) is 0 Å². The van der Waals surface area contributed by atoms with E-state index < -0.39 is 0 Å². The number of hydrogen-bond donors (Lipinski definition) is 0. The van der Waals surface area contributed by atoms with Gasteiger partial charge in [0.2, 0.25) is 0 Å². The van der Waals surface area contributed by atoms with Crippen molar-refractivity contribution in [3.63, 3.8) is 0 Å². The molecular formula is C13H18N2. The molecule has 0 saturated carbocycles. The predicted molar refractivity (Wildman–Crippen MR) is 59.6 cm³/mol. The zero-order chi connectivity index (χ0) is 11.5. The number of allylic oxidation sites excluding steroid dienone is 2. The number of nitrogens with zero attached hydrogens (tertiary/aromatic N) is 2. The predicted octanol–water partition coefficient (Wildman–Crippen LogP) is 3.42. The highest BCUT2D eigenvalue weighted by molar-refractivity contribution is 5.21. The van der Waals surface area contributed by atoms with Gasteiger partial charge in [-0.05, 0) is 24.2 Å². The highest BCUT2D eigenvalue weighted by atomic mass is 14.4. The van der Waals surface area contributed by atoms with Gasteiger partial charge in [-0.15, -0.1) is 0 Å². The van der Waals surface area contributed by atoms with Crippen LogP contribution in [0.5, 0.6) is 0 Å². The molecule has 0 heterocycles. The maximum absolute atomic E-state index is 9.25. The van der Waals surface area contributed by atoms with Gasteiger partial charge in [0.05, 0.1) is 17.6 Å². The van der Waals surface area contributed by atoms with Crippen LogP contribution in [0, 0.1) is 39.4 Å². The fraction of sp³-hybridized carbons (Fsp3) is 0.692. The zero-order valence-corrected chi connectivity index (χ0v) is 9.75. The summed E-state index contributed by atoms with van der Waals surface area (Å²) in [7, 11) is 0. The van der Waals surface area contributed by atoms with E-state index in [0.717, 1.165) is 12.8 Å². The maximum Gasteiger partial charge on any atom is 0.0776 e. The van der Waals surface area contributed by atoms with E-state index in [4.69, 9.17) is 5.26 Å². The van der Waals surface area contributed by atoms with Gasteiger partial charge >= 0.3 is 0 Å². The van der Waals surface area contributed by atoms with Crippen LogP contribution >= 0.6 is 0 Å². The van der Waals surface area contributed by atoms with Crippen LogP contribution < -0.4 is 0 Å². The van der Waals surface area contributed by atoms with Crippen molar-refractivity contribution in [2.45, 2.75) is 40.0 Å². The van der Waals surface area contributed by atoms with Crippen LogP contribution in [0.15, 0.2) is 12.2 Å². The van der Waals surface area contributed by atoms with Crippen molar-refractivity contribution in [3.05, 3.63) is 12.2 Å². The van der Waals surface area contributed by atoms with Gasteiger partial charge in [-0.3, -0.25) is 0 Å². The number of hydrogen-bond acceptors (Lipinski definition) is 2. The molecule has 0 aromatic carbocycles. The maximum atomic E-state index is 9.25. The Labute approximate surface area is 92.2 Å². The number of nitriles is 2. The van der Waals surface area contributed by atoms with Crippen molar-refractivity contribution in [2.75, 3.05) is 0 Å². The molecule has 1 aliphatic carbocycles. The van der Waals surface area contributed by atoms with Crippen molar-refractivity contribution in [1.29, 1.82) is 10.5 Å². The molecule has 2 atom stereocenters. The van der Waals surface area contributed by atoms with Gasteiger partial charge in [0.25, 0.3) is 0 Å². The van der Waals surface area contributed by atoms with Gasteiger partial charge in [-0.1, -0.05) is 32.9 Å². The minimum atomic E-state index is -0.311. The molecule has 2 unspecified atom stereocenters. The quantitative estimate of drug-likeness (QED) is 0.644. The first kappa shape index (κ1) is 11.8. The van der Waals surface area contributed by atoms with Crippen LogP contribution in [0.3, 0.4) is 0 Å². The van der Waals surface area contributed by atoms with Crippen LogP contribution in [0.25, 0.3) is 0 Å². The number of rotatable bonds is 2. The molecule has 80 valence electrons. The summed E-state index contributed by atoms with van der Waals surface area (Å²) >= 11 is 0. The van der Waals surface area contributed by atoms with Crippen molar-refractivity contribution in [3.8, 4) is 12.1 Å². The van der Waals surface area contributed by atoms with E-state index in [-0.39, 0.29) is 10.8 Å². The van der Waals surface area contributed by atoms with Gasteiger partial charge in [0.1, 0.15) is 0 Å². The third kappa shape index (κ3) is 2.21. The average Bonchev–Trinajstić information content (AvgIpc) is 2.19. The van der Waals surface area contributed by atoms with E-state index in [1.807, 2.05) is 6.08 Å². The van der Waals surface area contributed by atoms with E-state index in [1.165, 1.54) is 0 Å². The van der Waals surface area contributed by atoms with E-state index >= 15 is 0 Å².